The van der Waals surface area contributed by atoms with E-state index in [1.807, 2.05) is 11.3 Å². The molecule has 0 spiro atoms. The number of hydrogen-bond acceptors (Lipinski definition) is 1. The molecule has 0 atom stereocenters. The fraction of sp³-hybridized carbons (Fsp3) is 0.217. The lowest BCUT2D eigenvalue weighted by molar-refractivity contribution is 0.594. The van der Waals surface area contributed by atoms with Gasteiger partial charge in [-0.2, -0.15) is 0 Å². The smallest absolute Gasteiger partial charge is 0.0541 e. The Morgan fingerprint density at radius 2 is 1.52 bits per heavy atom. The van der Waals surface area contributed by atoms with E-state index >= 15 is 0 Å². The molecule has 2 aromatic heterocycles. The number of aryl methyl sites for hydroxylation is 1. The monoisotopic (exact) mass is 343 g/mol. The lowest BCUT2D eigenvalue weighted by Gasteiger charge is -2.21. The molecule has 1 nitrogen and oxygen atoms in total. The van der Waals surface area contributed by atoms with Gasteiger partial charge in [0, 0.05) is 43.5 Å². The Bertz CT molecular complexity index is 1280. The van der Waals surface area contributed by atoms with Gasteiger partial charge < -0.3 is 4.57 Å². The van der Waals surface area contributed by atoms with Crippen LogP contribution in [0.3, 0.4) is 0 Å². The minimum absolute atomic E-state index is 0.0949. The largest absolute Gasteiger partial charge is 0.343 e. The van der Waals surface area contributed by atoms with Crippen LogP contribution in [0.15, 0.2) is 54.6 Å². The van der Waals surface area contributed by atoms with E-state index in [0.29, 0.717) is 0 Å². The van der Waals surface area contributed by atoms with E-state index < -0.39 is 0 Å². The molecule has 2 heterocycles. The summed E-state index contributed by atoms with van der Waals surface area (Å²) in [5.41, 5.74) is 4.22. The number of rotatable bonds is 0. The van der Waals surface area contributed by atoms with Gasteiger partial charge in [-0.1, -0.05) is 57.2 Å². The van der Waals surface area contributed by atoms with E-state index in [1.54, 1.807) is 0 Å². The second kappa shape index (κ2) is 4.86. The van der Waals surface area contributed by atoms with Gasteiger partial charge in [0.2, 0.25) is 0 Å². The normalized spacial score (nSPS) is 12.8. The van der Waals surface area contributed by atoms with Crippen LogP contribution in [0.4, 0.5) is 0 Å². The summed E-state index contributed by atoms with van der Waals surface area (Å²) in [6.07, 6.45) is 0. The van der Waals surface area contributed by atoms with Gasteiger partial charge in [0.05, 0.1) is 5.52 Å². The van der Waals surface area contributed by atoms with Crippen molar-refractivity contribution in [2.45, 2.75) is 26.2 Å². The first kappa shape index (κ1) is 15.0. The minimum Gasteiger partial charge on any atom is -0.343 e. The van der Waals surface area contributed by atoms with Crippen molar-refractivity contribution in [3.63, 3.8) is 0 Å². The highest BCUT2D eigenvalue weighted by Crippen LogP contribution is 2.45. The summed E-state index contributed by atoms with van der Waals surface area (Å²) in [6, 6.07) is 20.0. The topological polar surface area (TPSA) is 4.93 Å². The average molecular weight is 343 g/mol. The van der Waals surface area contributed by atoms with E-state index in [9.17, 15) is 0 Å². The van der Waals surface area contributed by atoms with Crippen molar-refractivity contribution in [1.29, 1.82) is 0 Å². The van der Waals surface area contributed by atoms with Crippen LogP contribution in [0.5, 0.6) is 0 Å². The highest BCUT2D eigenvalue weighted by molar-refractivity contribution is 7.26. The summed E-state index contributed by atoms with van der Waals surface area (Å²) in [4.78, 5) is 0. The van der Waals surface area contributed by atoms with Crippen LogP contribution >= 0.6 is 11.3 Å². The predicted molar refractivity (Wildman–Crippen MR) is 112 cm³/mol. The first-order chi connectivity index (χ1) is 12.0. The van der Waals surface area contributed by atoms with Crippen molar-refractivity contribution < 1.29 is 0 Å². The van der Waals surface area contributed by atoms with Gasteiger partial charge in [-0.15, -0.1) is 11.3 Å². The predicted octanol–water partition coefficient (Wildman–Crippen LogP) is 7.00. The highest BCUT2D eigenvalue weighted by Gasteiger charge is 2.24. The number of benzene rings is 3. The van der Waals surface area contributed by atoms with E-state index in [2.05, 4.69) is 87.0 Å². The molecule has 5 aromatic rings. The maximum Gasteiger partial charge on any atom is 0.0541 e. The molecule has 2 heteroatoms. The number of hydrogen-bond donors (Lipinski definition) is 0. The molecule has 0 unspecified atom stereocenters. The molecule has 5 rings (SSSR count). The molecule has 3 aromatic carbocycles. The number of fused-ring (bicyclic) bond motifs is 7. The number of thiophene rings is 1. The number of nitrogens with zero attached hydrogens (tertiary/aromatic N) is 1. The maximum absolute atomic E-state index is 2.44. The summed E-state index contributed by atoms with van der Waals surface area (Å²) < 4.78 is 5.17. The van der Waals surface area contributed by atoms with Crippen LogP contribution in [0.1, 0.15) is 26.3 Å². The van der Waals surface area contributed by atoms with Gasteiger partial charge in [-0.05, 0) is 29.2 Å². The second-order valence-electron chi connectivity index (χ2n) is 7.95. The fourth-order valence-corrected chi connectivity index (χ4v) is 5.36. The lowest BCUT2D eigenvalue weighted by Crippen LogP contribution is -2.13. The minimum atomic E-state index is 0.0949. The summed E-state index contributed by atoms with van der Waals surface area (Å²) in [7, 11) is 2.21. The molecule has 0 aliphatic rings. The van der Waals surface area contributed by atoms with Gasteiger partial charge in [-0.3, -0.25) is 0 Å². The molecule has 0 fully saturated rings. The Labute approximate surface area is 151 Å². The van der Waals surface area contributed by atoms with Crippen LogP contribution in [0, 0.1) is 0 Å². The van der Waals surface area contributed by atoms with Gasteiger partial charge >= 0.3 is 0 Å². The van der Waals surface area contributed by atoms with Gasteiger partial charge in [-0.25, -0.2) is 0 Å². The molecule has 124 valence electrons. The summed E-state index contributed by atoms with van der Waals surface area (Å²) >= 11 is 1.93. The van der Waals surface area contributed by atoms with Crippen LogP contribution < -0.4 is 0 Å². The molecule has 25 heavy (non-hydrogen) atoms. The molecule has 0 aliphatic heterocycles. The Hall–Kier alpha value is -2.32. The SMILES string of the molecule is Cn1c2ccccc2c2c3sc4ccccc4c3cc(C(C)(C)C)c21. The van der Waals surface area contributed by atoms with E-state index in [4.69, 9.17) is 0 Å². The van der Waals surface area contributed by atoms with Crippen molar-refractivity contribution >= 4 is 53.3 Å². The standard InChI is InChI=1S/C23H21NS/c1-23(2,3)17-13-16-14-9-6-8-12-19(14)25-22(16)20-15-10-5-7-11-18(15)24(4)21(17)20/h5-13H,1-4H3. The lowest BCUT2D eigenvalue weighted by atomic mass is 9.84. The first-order valence-corrected chi connectivity index (χ1v) is 9.60. The fourth-order valence-electron chi connectivity index (χ4n) is 4.12. The highest BCUT2D eigenvalue weighted by atomic mass is 32.1. The van der Waals surface area contributed by atoms with E-state index in [0.717, 1.165) is 0 Å². The molecule has 0 bridgehead atoms. The van der Waals surface area contributed by atoms with Gasteiger partial charge in [0.25, 0.3) is 0 Å². The summed E-state index contributed by atoms with van der Waals surface area (Å²) in [6.45, 7) is 6.96. The Morgan fingerprint density at radius 1 is 0.840 bits per heavy atom. The molecular weight excluding hydrogens is 322 g/mol. The first-order valence-electron chi connectivity index (χ1n) is 8.78. The number of para-hydroxylation sites is 1. The molecule has 0 saturated carbocycles. The van der Waals surface area contributed by atoms with Gasteiger partial charge in [0.1, 0.15) is 0 Å². The third kappa shape index (κ3) is 1.95. The zero-order valence-corrected chi connectivity index (χ0v) is 15.9. The van der Waals surface area contributed by atoms with Crippen LogP contribution in [0.2, 0.25) is 0 Å². The molecule has 0 aliphatic carbocycles. The Balaban J connectivity index is 2.17. The molecule has 0 radical (unpaired) electrons. The third-order valence-corrected chi connectivity index (χ3v) is 6.52. The van der Waals surface area contributed by atoms with Crippen molar-refractivity contribution in [3.05, 3.63) is 60.2 Å². The van der Waals surface area contributed by atoms with Crippen molar-refractivity contribution in [2.24, 2.45) is 7.05 Å². The Kier molecular flexibility index (Phi) is 2.91. The second-order valence-corrected chi connectivity index (χ2v) is 9.00. The van der Waals surface area contributed by atoms with Crippen LogP contribution in [0.25, 0.3) is 42.0 Å². The van der Waals surface area contributed by atoms with Crippen molar-refractivity contribution in [3.8, 4) is 0 Å². The van der Waals surface area contributed by atoms with Crippen molar-refractivity contribution in [2.75, 3.05) is 0 Å². The van der Waals surface area contributed by atoms with Gasteiger partial charge in [0.15, 0.2) is 0 Å². The van der Waals surface area contributed by atoms with Crippen LogP contribution in [-0.4, -0.2) is 4.57 Å². The number of aromatic nitrogens is 1. The zero-order valence-electron chi connectivity index (χ0n) is 15.1. The molecular formula is C23H21NS. The molecule has 0 amide bonds. The molecule has 0 saturated heterocycles. The summed E-state index contributed by atoms with van der Waals surface area (Å²) in [5, 5.41) is 5.56. The van der Waals surface area contributed by atoms with E-state index in [-0.39, 0.29) is 5.41 Å². The molecule has 0 N–H and O–H groups in total. The van der Waals surface area contributed by atoms with E-state index in [1.165, 1.54) is 47.5 Å². The average Bonchev–Trinajstić information content (AvgIpc) is 3.10. The Morgan fingerprint density at radius 3 is 2.28 bits per heavy atom. The maximum atomic E-state index is 2.44. The summed E-state index contributed by atoms with van der Waals surface area (Å²) in [5.74, 6) is 0. The van der Waals surface area contributed by atoms with Crippen molar-refractivity contribution in [1.82, 2.24) is 4.57 Å². The van der Waals surface area contributed by atoms with Crippen LogP contribution in [-0.2, 0) is 12.5 Å². The quantitative estimate of drug-likeness (QED) is 0.285. The third-order valence-electron chi connectivity index (χ3n) is 5.32. The zero-order chi connectivity index (χ0) is 17.3.